The highest BCUT2D eigenvalue weighted by molar-refractivity contribution is 7.91. The summed E-state index contributed by atoms with van der Waals surface area (Å²) >= 11 is 3.42. The van der Waals surface area contributed by atoms with E-state index in [1.165, 1.54) is 41.9 Å². The molecule has 0 amide bonds. The van der Waals surface area contributed by atoms with Gasteiger partial charge in [-0.15, -0.1) is 0 Å². The first-order chi connectivity index (χ1) is 14.6. The Kier molecular flexibility index (Phi) is 7.43. The lowest BCUT2D eigenvalue weighted by atomic mass is 10.0. The van der Waals surface area contributed by atoms with Crippen molar-refractivity contribution in [2.24, 2.45) is 0 Å². The number of pyridine rings is 1. The fourth-order valence-electron chi connectivity index (χ4n) is 3.50. The summed E-state index contributed by atoms with van der Waals surface area (Å²) in [6.07, 6.45) is 1.49. The second-order valence-electron chi connectivity index (χ2n) is 7.04. The number of aromatic nitrogens is 1. The van der Waals surface area contributed by atoms with Gasteiger partial charge in [-0.05, 0) is 42.7 Å². The maximum absolute atomic E-state index is 13.5. The molecule has 0 bridgehead atoms. The summed E-state index contributed by atoms with van der Waals surface area (Å²) in [6.45, 7) is -0.0355. The number of benzene rings is 1. The number of halogens is 2. The van der Waals surface area contributed by atoms with E-state index in [1.54, 1.807) is 0 Å². The van der Waals surface area contributed by atoms with Crippen molar-refractivity contribution in [3.8, 4) is 0 Å². The zero-order valence-corrected chi connectivity index (χ0v) is 18.8. The van der Waals surface area contributed by atoms with E-state index in [9.17, 15) is 26.4 Å². The first-order valence-corrected chi connectivity index (χ1v) is 12.4. The predicted octanol–water partition coefficient (Wildman–Crippen LogP) is 2.92. The summed E-state index contributed by atoms with van der Waals surface area (Å²) in [6, 6.07) is 6.20. The average molecular weight is 491 g/mol. The maximum atomic E-state index is 13.5. The number of sulfone groups is 1. The molecule has 3 rings (SSSR count). The molecule has 3 atom stereocenters. The lowest BCUT2D eigenvalue weighted by molar-refractivity contribution is 0.0600. The lowest BCUT2D eigenvalue weighted by Gasteiger charge is -2.35. The van der Waals surface area contributed by atoms with Crippen molar-refractivity contribution in [3.63, 3.8) is 0 Å². The topological polar surface area (TPSA) is 114 Å². The minimum atomic E-state index is -3.54. The summed E-state index contributed by atoms with van der Waals surface area (Å²) in [5.74, 6) is -1.41. The number of rotatable bonds is 6. The minimum absolute atomic E-state index is 0.0355. The van der Waals surface area contributed by atoms with Gasteiger partial charge in [0.05, 0.1) is 40.9 Å². The largest absolute Gasteiger partial charge is 0.465 e. The van der Waals surface area contributed by atoms with Gasteiger partial charge >= 0.3 is 5.97 Å². The Morgan fingerprint density at radius 3 is 2.71 bits per heavy atom. The van der Waals surface area contributed by atoms with Gasteiger partial charge in [-0.1, -0.05) is 17.7 Å². The van der Waals surface area contributed by atoms with Crippen LogP contribution in [-0.2, 0) is 32.4 Å². The fourth-order valence-corrected chi connectivity index (χ4v) is 6.34. The van der Waals surface area contributed by atoms with Gasteiger partial charge in [0.2, 0.25) is 11.3 Å². The van der Waals surface area contributed by atoms with Crippen molar-refractivity contribution >= 4 is 38.7 Å². The van der Waals surface area contributed by atoms with Crippen LogP contribution in [0.15, 0.2) is 36.5 Å². The van der Waals surface area contributed by atoms with E-state index in [2.05, 4.69) is 9.72 Å². The van der Waals surface area contributed by atoms with Crippen LogP contribution in [0.3, 0.4) is 0 Å². The molecule has 1 N–H and O–H groups in total. The van der Waals surface area contributed by atoms with E-state index in [4.69, 9.17) is 11.6 Å². The van der Waals surface area contributed by atoms with Crippen LogP contribution in [-0.4, -0.2) is 51.3 Å². The van der Waals surface area contributed by atoms with Crippen LogP contribution in [0.2, 0.25) is 5.02 Å². The zero-order valence-electron chi connectivity index (χ0n) is 16.4. The van der Waals surface area contributed by atoms with Crippen LogP contribution in [0.25, 0.3) is 0 Å². The number of ether oxygens (including phenoxy) is 1. The van der Waals surface area contributed by atoms with Crippen molar-refractivity contribution in [1.82, 2.24) is 9.29 Å². The highest BCUT2D eigenvalue weighted by Crippen LogP contribution is 2.37. The molecular formula is C19H20ClFN2O6S2. The van der Waals surface area contributed by atoms with Crippen LogP contribution in [0.1, 0.15) is 39.7 Å². The van der Waals surface area contributed by atoms with Crippen molar-refractivity contribution in [2.45, 2.75) is 30.7 Å². The molecule has 0 spiro atoms. The van der Waals surface area contributed by atoms with Crippen LogP contribution in [0, 0.1) is 5.82 Å². The quantitative estimate of drug-likeness (QED) is 0.489. The van der Waals surface area contributed by atoms with Gasteiger partial charge in [0.15, 0.2) is 9.84 Å². The lowest BCUT2D eigenvalue weighted by Crippen LogP contribution is -2.43. The Balaban J connectivity index is 1.83. The summed E-state index contributed by atoms with van der Waals surface area (Å²) < 4.78 is 66.6. The molecule has 1 fully saturated rings. The van der Waals surface area contributed by atoms with Gasteiger partial charge in [0.1, 0.15) is 5.82 Å². The van der Waals surface area contributed by atoms with Crippen molar-refractivity contribution in [2.75, 3.05) is 12.9 Å². The molecule has 31 heavy (non-hydrogen) atoms. The van der Waals surface area contributed by atoms with E-state index in [0.717, 1.165) is 6.07 Å². The van der Waals surface area contributed by atoms with Crippen molar-refractivity contribution < 1.29 is 31.1 Å². The molecule has 1 aromatic carbocycles. The zero-order chi connectivity index (χ0) is 22.8. The standard InChI is InChI=1S/C19H20ClFN2O6S2/c1-29-19(24)13-2-4-14(22-10-13)11-23(30(25)26)15-6-7-31(27,28)18(9-15)12-3-5-17(21)16(20)8-12/h2-5,8,10,15,18H,6-7,9,11H2,1H3,(H,25,26). The number of carbonyl (C=O) groups is 1. The average Bonchev–Trinajstić information content (AvgIpc) is 2.74. The molecule has 168 valence electrons. The smallest absolute Gasteiger partial charge is 0.339 e. The third-order valence-electron chi connectivity index (χ3n) is 5.14. The maximum Gasteiger partial charge on any atom is 0.339 e. The first-order valence-electron chi connectivity index (χ1n) is 9.19. The highest BCUT2D eigenvalue weighted by Gasteiger charge is 2.39. The third-order valence-corrected chi connectivity index (χ3v) is 8.40. The Bertz CT molecular complexity index is 1100. The summed E-state index contributed by atoms with van der Waals surface area (Å²) in [7, 11) is -2.30. The molecule has 2 heterocycles. The van der Waals surface area contributed by atoms with E-state index in [0.29, 0.717) is 11.3 Å². The molecule has 2 aromatic rings. The third kappa shape index (κ3) is 5.47. The molecule has 0 saturated carbocycles. The number of esters is 1. The second kappa shape index (κ2) is 9.70. The number of hydrogen-bond acceptors (Lipinski definition) is 6. The fraction of sp³-hybridized carbons (Fsp3) is 0.368. The van der Waals surface area contributed by atoms with Gasteiger partial charge < -0.3 is 4.74 Å². The summed E-state index contributed by atoms with van der Waals surface area (Å²) in [5, 5.41) is -1.17. The Hall–Kier alpha value is -1.92. The van der Waals surface area contributed by atoms with Gasteiger partial charge in [-0.3, -0.25) is 9.54 Å². The summed E-state index contributed by atoms with van der Waals surface area (Å²) in [4.78, 5) is 15.7. The van der Waals surface area contributed by atoms with Gasteiger partial charge in [0.25, 0.3) is 0 Å². The number of methoxy groups -OCH3 is 1. The number of nitrogens with zero attached hydrogens (tertiary/aromatic N) is 2. The molecule has 1 aromatic heterocycles. The van der Waals surface area contributed by atoms with Crippen LogP contribution in [0.4, 0.5) is 4.39 Å². The van der Waals surface area contributed by atoms with E-state index < -0.39 is 44.2 Å². The van der Waals surface area contributed by atoms with Crippen LogP contribution < -0.4 is 0 Å². The first kappa shape index (κ1) is 23.7. The van der Waals surface area contributed by atoms with E-state index in [-0.39, 0.29) is 35.7 Å². The Labute approximate surface area is 186 Å². The normalized spacial score (nSPS) is 21.6. The molecule has 1 aliphatic rings. The second-order valence-corrected chi connectivity index (χ2v) is 10.7. The Morgan fingerprint density at radius 2 is 2.13 bits per heavy atom. The van der Waals surface area contributed by atoms with Gasteiger partial charge in [-0.25, -0.2) is 21.8 Å². The van der Waals surface area contributed by atoms with Crippen LogP contribution in [0.5, 0.6) is 0 Å². The molecular weight excluding hydrogens is 471 g/mol. The van der Waals surface area contributed by atoms with E-state index in [1.807, 2.05) is 0 Å². The minimum Gasteiger partial charge on any atom is -0.465 e. The molecule has 0 aliphatic carbocycles. The highest BCUT2D eigenvalue weighted by atomic mass is 35.5. The van der Waals surface area contributed by atoms with Crippen molar-refractivity contribution in [3.05, 3.63) is 64.2 Å². The van der Waals surface area contributed by atoms with Gasteiger partial charge in [0, 0.05) is 12.2 Å². The SMILES string of the molecule is COC(=O)c1ccc(CN(C2CCS(=O)(=O)C(c3ccc(F)c(Cl)c3)C2)S(=O)O)nc1. The Morgan fingerprint density at radius 1 is 1.39 bits per heavy atom. The number of hydrogen-bond donors (Lipinski definition) is 1. The van der Waals surface area contributed by atoms with E-state index >= 15 is 0 Å². The monoisotopic (exact) mass is 490 g/mol. The predicted molar refractivity (Wildman–Crippen MR) is 113 cm³/mol. The molecule has 3 unspecified atom stereocenters. The number of carbonyl (C=O) groups excluding carboxylic acids is 1. The molecule has 1 aliphatic heterocycles. The van der Waals surface area contributed by atoms with Crippen molar-refractivity contribution in [1.29, 1.82) is 0 Å². The molecule has 8 nitrogen and oxygen atoms in total. The molecule has 1 saturated heterocycles. The molecule has 0 radical (unpaired) electrons. The van der Waals surface area contributed by atoms with Crippen LogP contribution >= 0.6 is 11.6 Å². The van der Waals surface area contributed by atoms with Gasteiger partial charge in [-0.2, -0.15) is 4.31 Å². The summed E-state index contributed by atoms with van der Waals surface area (Å²) in [5.41, 5.74) is 0.991. The molecule has 12 heteroatoms.